The Bertz CT molecular complexity index is 5590. The second-order valence-corrected chi connectivity index (χ2v) is 41.5. The number of ether oxygens (including phenoxy) is 22. The van der Waals surface area contributed by atoms with Crippen LogP contribution in [0.25, 0.3) is 0 Å². The number of likely N-dealkylation sites (tertiary alicyclic amines) is 1. The van der Waals surface area contributed by atoms with Crippen molar-refractivity contribution < 1.29 is 255 Å². The Morgan fingerprint density at radius 2 is 0.839 bits per heavy atom. The van der Waals surface area contributed by atoms with Crippen molar-refractivity contribution in [3.63, 3.8) is 0 Å². The zero-order chi connectivity index (χ0) is 111. The molecule has 6 saturated heterocycles. The summed E-state index contributed by atoms with van der Waals surface area (Å²) in [5.74, 6) is -6.57. The van der Waals surface area contributed by atoms with E-state index in [1.54, 1.807) is 49.9 Å². The number of carboxylic acids is 2. The predicted molar refractivity (Wildman–Crippen MR) is 489 cm³/mol. The molecule has 0 spiro atoms. The van der Waals surface area contributed by atoms with Crippen molar-refractivity contribution in [1.29, 1.82) is 5.41 Å². The van der Waals surface area contributed by atoms with Crippen LogP contribution in [0.3, 0.4) is 0 Å². The molecular weight excluding hydrogens is 2170 g/mol. The first kappa shape index (κ1) is 127. The second-order valence-electron chi connectivity index (χ2n) is 33.4. The molecule has 0 radical (unpaired) electrons. The number of hydrogen-bond donors (Lipinski definition) is 14. The zero-order valence-corrected chi connectivity index (χ0v) is 87.6. The number of methoxy groups -OCH3 is 9. The fraction of sp³-hybridized carbons (Fsp3) is 0.759. The number of nitrogen functional groups attached to an aromatic ring is 1. The van der Waals surface area contributed by atoms with Crippen LogP contribution in [-0.4, -0.2) is 465 Å². The molecule has 0 aromatic heterocycles. The van der Waals surface area contributed by atoms with Crippen LogP contribution in [0.15, 0.2) is 35.2 Å². The Balaban J connectivity index is 0.876. The fourth-order valence-electron chi connectivity index (χ4n) is 17.0. The van der Waals surface area contributed by atoms with Crippen molar-refractivity contribution in [3.8, 4) is 5.75 Å². The normalized spacial score (nSPS) is 29.0. The van der Waals surface area contributed by atoms with Crippen molar-refractivity contribution in [2.75, 3.05) is 156 Å². The van der Waals surface area contributed by atoms with Crippen molar-refractivity contribution in [2.45, 2.75) is 236 Å². The van der Waals surface area contributed by atoms with Crippen LogP contribution in [0.2, 0.25) is 0 Å². The molecule has 6 aliphatic rings. The van der Waals surface area contributed by atoms with Crippen LogP contribution < -0.4 is 31.1 Å². The molecule has 854 valence electrons. The third-order valence-corrected chi connectivity index (χ3v) is 28.1. The number of carboxylic acid groups (broad SMARTS) is 2. The van der Waals surface area contributed by atoms with Gasteiger partial charge in [0.1, 0.15) is 121 Å². The van der Waals surface area contributed by atoms with Crippen LogP contribution in [0.4, 0.5) is 0 Å². The summed E-state index contributed by atoms with van der Waals surface area (Å²) in [5, 5.41) is 37.7. The third kappa shape index (κ3) is 37.8. The van der Waals surface area contributed by atoms with E-state index in [1.165, 1.54) is 13.2 Å². The lowest BCUT2D eigenvalue weighted by atomic mass is 9.94. The topological polar surface area (TPSA) is 863 Å². The minimum atomic E-state index is -6.22. The van der Waals surface area contributed by atoms with E-state index < -0.39 is 300 Å². The second kappa shape index (κ2) is 57.5. The summed E-state index contributed by atoms with van der Waals surface area (Å²) in [7, 11) is -30.3. The van der Waals surface area contributed by atoms with E-state index in [4.69, 9.17) is 128 Å². The van der Waals surface area contributed by atoms with Gasteiger partial charge in [0.2, 0.25) is 33.7 Å². The maximum absolute atomic E-state index is 14.5. The van der Waals surface area contributed by atoms with Crippen molar-refractivity contribution in [3.05, 3.63) is 58.1 Å². The summed E-state index contributed by atoms with van der Waals surface area (Å²) in [5.41, 5.74) is 7.78. The monoisotopic (exact) mass is 2290 g/mol. The molecule has 8 rings (SSSR count). The van der Waals surface area contributed by atoms with Crippen molar-refractivity contribution >= 4 is 114 Å². The van der Waals surface area contributed by atoms with Gasteiger partial charge in [-0.25, -0.2) is 43.1 Å². The van der Waals surface area contributed by atoms with Crippen LogP contribution >= 0.6 is 0 Å². The predicted octanol–water partition coefficient (Wildman–Crippen LogP) is -5.76. The van der Waals surface area contributed by atoms with Gasteiger partial charge in [-0.05, 0) is 74.8 Å². The van der Waals surface area contributed by atoms with E-state index in [1.807, 2.05) is 0 Å². The van der Waals surface area contributed by atoms with Crippen LogP contribution in [0.1, 0.15) is 66.3 Å². The summed E-state index contributed by atoms with van der Waals surface area (Å²) < 4.78 is 395. The first-order valence-corrected chi connectivity index (χ1v) is 54.5. The van der Waals surface area contributed by atoms with E-state index in [-0.39, 0.29) is 94.9 Å². The average molecular weight is 2290 g/mol. The Kier molecular flexibility index (Phi) is 49.0. The highest BCUT2D eigenvalue weighted by atomic mass is 32.3. The number of nitrogens with zero attached hydrogens (tertiary/aromatic N) is 1. The largest absolute Gasteiger partial charge is 0.496 e. The highest BCUT2D eigenvalue weighted by Gasteiger charge is 2.63. The molecule has 63 nitrogen and oxygen atoms in total. The number of carbonyl (C=O) groups excluding carboxylic acids is 4. The summed E-state index contributed by atoms with van der Waals surface area (Å²) in [6.07, 6.45) is -54.8. The maximum atomic E-state index is 14.5. The molecule has 0 saturated carbocycles. The number of nitrogens with one attached hydrogen (secondary N) is 5. The molecule has 6 aliphatic heterocycles. The van der Waals surface area contributed by atoms with E-state index in [0.29, 0.717) is 41.1 Å². The maximum Gasteiger partial charge on any atom is 0.397 e. The van der Waals surface area contributed by atoms with E-state index in [9.17, 15) is 125 Å². The highest BCUT2D eigenvalue weighted by molar-refractivity contribution is 7.89. The van der Waals surface area contributed by atoms with Crippen LogP contribution in [0.5, 0.6) is 5.75 Å². The number of nitrogens with two attached hydrogens (primary N) is 1. The van der Waals surface area contributed by atoms with Crippen molar-refractivity contribution in [2.24, 2.45) is 5.73 Å². The van der Waals surface area contributed by atoms with Gasteiger partial charge in [-0.1, -0.05) is 24.3 Å². The van der Waals surface area contributed by atoms with E-state index >= 15 is 0 Å². The molecule has 70 heteroatoms. The average Bonchev–Trinajstić information content (AvgIpc) is 0.748. The number of aryl methyl sites for hydroxylation is 1. The van der Waals surface area contributed by atoms with Gasteiger partial charge in [-0.2, -0.15) is 55.2 Å². The molecule has 149 heavy (non-hydrogen) atoms. The minimum absolute atomic E-state index is 0.0254. The first-order chi connectivity index (χ1) is 69.9. The van der Waals surface area contributed by atoms with E-state index in [0.717, 1.165) is 76.1 Å². The molecule has 4 amide bonds. The van der Waals surface area contributed by atoms with Gasteiger partial charge in [-0.3, -0.25) is 51.9 Å². The molecule has 15 N–H and O–H groups in total. The molecule has 6 fully saturated rings. The molecule has 0 bridgehead atoms. The number of carbonyl (C=O) groups is 6. The zero-order valence-electron chi connectivity index (χ0n) is 81.9. The molecule has 2 unspecified atom stereocenters. The summed E-state index contributed by atoms with van der Waals surface area (Å²) in [6.45, 7) is 0.791. The Hall–Kier alpha value is -7.18. The molecule has 2 aromatic rings. The number of aliphatic carboxylic acids is 2. The smallest absolute Gasteiger partial charge is 0.397 e. The number of hydrogen-bond acceptors (Lipinski definition) is 49. The van der Waals surface area contributed by atoms with Crippen molar-refractivity contribution in [1.82, 2.24) is 25.6 Å². The van der Waals surface area contributed by atoms with Crippen LogP contribution in [-0.2, 0) is 232 Å². The van der Waals surface area contributed by atoms with Gasteiger partial charge in [-0.15, -0.1) is 0 Å². The van der Waals surface area contributed by atoms with Gasteiger partial charge in [0.05, 0.1) is 84.5 Å². The Morgan fingerprint density at radius 3 is 1.28 bits per heavy atom. The number of benzene rings is 2. The fourth-order valence-corrected chi connectivity index (χ4v) is 21.1. The summed E-state index contributed by atoms with van der Waals surface area (Å²) >= 11 is 0. The lowest BCUT2D eigenvalue weighted by Crippen LogP contribution is -2.70. The number of amidine groups is 1. The quantitative estimate of drug-likeness (QED) is 0.0127. The van der Waals surface area contributed by atoms with Gasteiger partial charge >= 0.3 is 74.3 Å². The molecule has 27 atom stereocenters. The lowest BCUT2D eigenvalue weighted by Gasteiger charge is -2.51. The first-order valence-electron chi connectivity index (χ1n) is 44.8. The third-order valence-electron chi connectivity index (χ3n) is 23.6. The minimum Gasteiger partial charge on any atom is -0.496 e. The molecular formula is C79H125N7O56S7. The summed E-state index contributed by atoms with van der Waals surface area (Å²) in [6, 6.07) is 5.02. The molecule has 0 aliphatic carbocycles. The SMILES string of the molecule is COc1cc(C)c(S(=O)(=O)NC(CC(=O)NCCCC(=O)NCCOCCOCCOCCO[C@H]2[C@H](OC)[C@@H](OC)[C@@H](O[C@H]3[C@H](OC)[C@@H](OC)[C@H](O[C@H]4[C@H](OS(=O)(=O)O)[C@@H](OS(=O)(=O)O)[C@@H](O[C@H]5[C@H](OC)[C@@H](OC)[C@H](O[C@H]6[C@H](OC)[C@@H](OS(=O)(=O)O)[C@@H](OC)O[C@@H]6COS(=O)(=O)O)O[C@H]5C(=O)O)O[C@@H]4COS(=O)(=O)O)O[C@@H]3C(=O)O)O[C@@H]2COS(=O)(=O)O)C(=O)NC(Cc2ccc(C(=N)N)cc2)C(=O)N2CCCCC2)c(C)c1C. The number of rotatable bonds is 62. The van der Waals surface area contributed by atoms with Gasteiger partial charge in [0.25, 0.3) is 0 Å². The lowest BCUT2D eigenvalue weighted by molar-refractivity contribution is -0.389. The Morgan fingerprint density at radius 1 is 0.443 bits per heavy atom. The Labute approximate surface area is 856 Å². The number of sulfonamides is 1. The van der Waals surface area contributed by atoms with Gasteiger partial charge in [0.15, 0.2) is 55.9 Å². The van der Waals surface area contributed by atoms with Crippen LogP contribution in [0, 0.1) is 26.2 Å². The number of amides is 4. The number of piperidine rings is 1. The summed E-state index contributed by atoms with van der Waals surface area (Å²) in [4.78, 5) is 83.8. The van der Waals surface area contributed by atoms with Gasteiger partial charge < -0.3 is 141 Å². The van der Waals surface area contributed by atoms with Gasteiger partial charge in [0, 0.05) is 101 Å². The molecule has 2 aromatic carbocycles. The molecule has 6 heterocycles. The van der Waals surface area contributed by atoms with E-state index in [2.05, 4.69) is 33.2 Å². The standard InChI is InChI=1S/C79H125N7O56S7/c1-39-33-46(115-4)40(2)41(3)69(39)143(95,96)85-44(71(89)84-45(72(90)86-24-14-13-15-25-86)34-42-18-20-43(21-19-42)70(80)81)35-51(88)82-22-16-17-50(87)83-23-26-124-27-28-125-29-30-126-31-32-127-52-47(36-128-144(97,98)99)132-76(64(120-9)55(52)116-5)136-59-57(118-7)66(122-11)78(139-62(59)73(91)92)135-54-49(38-130-146(103,104)105)133-79(68(142-149(112,113)114)61(54)140-147(106,107)108)137-60-58(119-8)65(121-10)77(138-63(60)74(93)94)134-53-48(37-129-145(100,101)102)131-75(123-12)67(56(53)117-6)141-148(109,110)111/h18-21,33,44-45,47-49,52-68,75-79,85H,13-17,22-32,34-38H2,1-12H3,(H3,80,81)(H,82,88)(H,83,87)(H,84,89)(H,91,92)(H,93,94)(H,97,98,99)(H,100,101,102)(H,103,104,105)(H,106,107,108)(H,109,110,111)(H,112,113,114)/t44?,45?,47-,48-,49-,52-,53-,54-,55+,56+,57+,58+,59+,60+,61+,62+,63-,64-,65-,66-,67-,68-,75+,76-,77-,78-,79-/m1/s1. The highest BCUT2D eigenvalue weighted by Crippen LogP contribution is 2.43.